The molecule has 28 heavy (non-hydrogen) atoms. The molecule has 138 valence electrons. The summed E-state index contributed by atoms with van der Waals surface area (Å²) >= 11 is 0. The summed E-state index contributed by atoms with van der Waals surface area (Å²) in [5, 5.41) is 12.0. The second-order valence-electron chi connectivity index (χ2n) is 5.26. The summed E-state index contributed by atoms with van der Waals surface area (Å²) in [4.78, 5) is 49.9. The summed E-state index contributed by atoms with van der Waals surface area (Å²) in [7, 11) is -5.14. The zero-order chi connectivity index (χ0) is 19.4. The fraction of sp³-hybridized carbons (Fsp3) is 0.125. The Balaban J connectivity index is 0.000000934. The fourth-order valence-electron chi connectivity index (χ4n) is 2.64. The minimum atomic E-state index is -5.14. The van der Waals surface area contributed by atoms with Gasteiger partial charge < -0.3 is 29.7 Å². The number of rotatable bonds is 3. The molecule has 2 aromatic carbocycles. The average molecular weight is 424 g/mol. The SMILES string of the molecule is O=C1NC(c2ccccc2)(c2ccccc2)C(=O)N1CO.O=P([O-])([O-])O.[Na+].[Na+]. The van der Waals surface area contributed by atoms with Gasteiger partial charge in [0.1, 0.15) is 6.73 Å². The van der Waals surface area contributed by atoms with Crippen molar-refractivity contribution in [2.24, 2.45) is 0 Å². The van der Waals surface area contributed by atoms with Crippen LogP contribution in [-0.2, 0) is 14.9 Å². The van der Waals surface area contributed by atoms with Crippen LogP contribution in [0.1, 0.15) is 11.1 Å². The summed E-state index contributed by atoms with van der Waals surface area (Å²) in [6.45, 7) is -0.647. The van der Waals surface area contributed by atoms with Crippen LogP contribution < -0.4 is 74.2 Å². The van der Waals surface area contributed by atoms with E-state index in [0.717, 1.165) is 4.90 Å². The van der Waals surface area contributed by atoms with Gasteiger partial charge >= 0.3 is 65.1 Å². The molecule has 0 bridgehead atoms. The Morgan fingerprint density at radius 2 is 1.29 bits per heavy atom. The second-order valence-corrected chi connectivity index (χ2v) is 6.19. The van der Waals surface area contributed by atoms with Crippen molar-refractivity contribution in [1.29, 1.82) is 0 Å². The van der Waals surface area contributed by atoms with Gasteiger partial charge in [-0.3, -0.25) is 4.79 Å². The van der Waals surface area contributed by atoms with Gasteiger partial charge in [0, 0.05) is 0 Å². The van der Waals surface area contributed by atoms with E-state index < -0.39 is 32.0 Å². The van der Waals surface area contributed by atoms with Crippen molar-refractivity contribution in [3.05, 3.63) is 71.8 Å². The van der Waals surface area contributed by atoms with Gasteiger partial charge in [0.2, 0.25) is 0 Å². The first-order chi connectivity index (χ1) is 12.2. The molecule has 0 saturated carbocycles. The largest absolute Gasteiger partial charge is 1.00 e. The molecule has 1 heterocycles. The van der Waals surface area contributed by atoms with E-state index in [2.05, 4.69) is 5.32 Å². The number of imide groups is 1. The number of amides is 3. The van der Waals surface area contributed by atoms with Gasteiger partial charge in [-0.05, 0) is 11.1 Å². The zero-order valence-corrected chi connectivity index (χ0v) is 20.2. The Labute approximate surface area is 205 Å². The molecule has 1 aliphatic rings. The molecular formula is C16H15N2Na2O7P. The van der Waals surface area contributed by atoms with Crippen molar-refractivity contribution < 1.29 is 93.1 Å². The van der Waals surface area contributed by atoms with Crippen molar-refractivity contribution in [2.45, 2.75) is 5.54 Å². The Morgan fingerprint density at radius 1 is 0.929 bits per heavy atom. The van der Waals surface area contributed by atoms with Crippen LogP contribution in [0.2, 0.25) is 0 Å². The zero-order valence-electron chi connectivity index (χ0n) is 15.3. The predicted octanol–water partition coefficient (Wildman–Crippen LogP) is -6.75. The van der Waals surface area contributed by atoms with Crippen LogP contribution in [0.3, 0.4) is 0 Å². The van der Waals surface area contributed by atoms with Crippen LogP contribution >= 0.6 is 7.82 Å². The van der Waals surface area contributed by atoms with E-state index in [1.165, 1.54) is 0 Å². The molecule has 1 saturated heterocycles. The maximum absolute atomic E-state index is 12.8. The first-order valence-corrected chi connectivity index (χ1v) is 8.80. The van der Waals surface area contributed by atoms with E-state index >= 15 is 0 Å². The van der Waals surface area contributed by atoms with Crippen LogP contribution in [0.15, 0.2) is 60.7 Å². The third-order valence-electron chi connectivity index (χ3n) is 3.66. The van der Waals surface area contributed by atoms with E-state index in [1.54, 1.807) is 48.5 Å². The average Bonchev–Trinajstić information content (AvgIpc) is 2.86. The maximum atomic E-state index is 12.8. The van der Waals surface area contributed by atoms with Gasteiger partial charge in [0.15, 0.2) is 5.54 Å². The smallest absolute Gasteiger partial charge is 0.790 e. The first-order valence-electron chi connectivity index (χ1n) is 7.31. The fourth-order valence-corrected chi connectivity index (χ4v) is 2.64. The number of carbonyl (C=O) groups excluding carboxylic acids is 2. The summed E-state index contributed by atoms with van der Waals surface area (Å²) in [6.07, 6.45) is 0. The van der Waals surface area contributed by atoms with Gasteiger partial charge in [-0.2, -0.15) is 0 Å². The minimum absolute atomic E-state index is 0. The minimum Gasteiger partial charge on any atom is -0.790 e. The van der Waals surface area contributed by atoms with Crippen molar-refractivity contribution in [1.82, 2.24) is 10.2 Å². The Bertz CT molecular complexity index is 786. The number of urea groups is 1. The molecule has 0 aliphatic carbocycles. The monoisotopic (exact) mass is 424 g/mol. The molecule has 0 unspecified atom stereocenters. The van der Waals surface area contributed by atoms with Gasteiger partial charge in [-0.25, -0.2) is 9.69 Å². The molecule has 1 fully saturated rings. The van der Waals surface area contributed by atoms with Gasteiger partial charge in [0.05, 0.1) is 7.82 Å². The number of aliphatic hydroxyl groups excluding tert-OH is 1. The molecule has 1 aliphatic heterocycles. The molecule has 12 heteroatoms. The van der Waals surface area contributed by atoms with Crippen molar-refractivity contribution in [3.63, 3.8) is 0 Å². The van der Waals surface area contributed by atoms with Crippen LogP contribution in [0.4, 0.5) is 4.79 Å². The normalized spacial score (nSPS) is 14.8. The molecule has 0 spiro atoms. The molecule has 2 aromatic rings. The molecule has 9 nitrogen and oxygen atoms in total. The van der Waals surface area contributed by atoms with E-state index in [0.29, 0.717) is 11.1 Å². The van der Waals surface area contributed by atoms with E-state index in [9.17, 15) is 14.7 Å². The topological polar surface area (TPSA) is 153 Å². The van der Waals surface area contributed by atoms with Gasteiger partial charge in [-0.1, -0.05) is 60.7 Å². The number of benzene rings is 2. The molecule has 0 radical (unpaired) electrons. The quantitative estimate of drug-likeness (QED) is 0.252. The molecule has 0 aromatic heterocycles. The summed E-state index contributed by atoms with van der Waals surface area (Å²) < 4.78 is 8.66. The predicted molar refractivity (Wildman–Crippen MR) is 86.0 cm³/mol. The molecule has 3 N–H and O–H groups in total. The number of hydrogen-bond donors (Lipinski definition) is 3. The van der Waals surface area contributed by atoms with E-state index in [-0.39, 0.29) is 59.1 Å². The molecule has 3 rings (SSSR count). The Morgan fingerprint density at radius 3 is 1.57 bits per heavy atom. The molecular weight excluding hydrogens is 409 g/mol. The second kappa shape index (κ2) is 11.6. The summed E-state index contributed by atoms with van der Waals surface area (Å²) in [5.74, 6) is -0.479. The summed E-state index contributed by atoms with van der Waals surface area (Å²) in [5.41, 5.74) is 0.0264. The van der Waals surface area contributed by atoms with Crippen molar-refractivity contribution >= 4 is 19.8 Å². The third kappa shape index (κ3) is 6.48. The molecule has 0 atom stereocenters. The van der Waals surface area contributed by atoms with E-state index in [4.69, 9.17) is 19.2 Å². The number of nitrogens with one attached hydrogen (secondary N) is 1. The maximum Gasteiger partial charge on any atom is 1.00 e. The van der Waals surface area contributed by atoms with Crippen LogP contribution in [0, 0.1) is 0 Å². The molecule has 3 amide bonds. The number of carbonyl (C=O) groups is 2. The third-order valence-corrected chi connectivity index (χ3v) is 3.66. The standard InChI is InChI=1S/C16H14N2O3.2Na.H3O4P/c19-11-18-14(20)16(17-15(18)21,12-7-3-1-4-8-12)13-9-5-2-6-10-13;;;1-5(2,3)4/h1-10,19H,11H2,(H,17,21);;;(H3,1,2,3,4)/q;2*+1;/p-2. The number of aliphatic hydroxyl groups is 1. The number of hydrogen-bond acceptors (Lipinski definition) is 6. The van der Waals surface area contributed by atoms with Gasteiger partial charge in [0.25, 0.3) is 5.91 Å². The van der Waals surface area contributed by atoms with Crippen LogP contribution in [-0.4, -0.2) is 33.6 Å². The Kier molecular flexibility index (Phi) is 11.4. The first kappa shape index (κ1) is 27.5. The summed E-state index contributed by atoms with van der Waals surface area (Å²) in [6, 6.07) is 17.4. The van der Waals surface area contributed by atoms with Crippen molar-refractivity contribution in [3.8, 4) is 0 Å². The van der Waals surface area contributed by atoms with Gasteiger partial charge in [-0.15, -0.1) is 0 Å². The van der Waals surface area contributed by atoms with E-state index in [1.807, 2.05) is 12.1 Å². The van der Waals surface area contributed by atoms with Crippen molar-refractivity contribution in [2.75, 3.05) is 6.73 Å². The number of nitrogens with zero attached hydrogens (tertiary/aromatic N) is 1. The number of phosphoric acid groups is 1. The Hall–Kier alpha value is -0.550. The van der Waals surface area contributed by atoms with Crippen LogP contribution in [0.25, 0.3) is 0 Å². The van der Waals surface area contributed by atoms with Crippen LogP contribution in [0.5, 0.6) is 0 Å².